The van der Waals surface area contributed by atoms with Gasteiger partial charge in [-0.05, 0) is 49.6 Å². The van der Waals surface area contributed by atoms with Gasteiger partial charge in [-0.1, -0.05) is 13.0 Å². The molecule has 1 aliphatic rings. The van der Waals surface area contributed by atoms with Crippen molar-refractivity contribution in [1.29, 1.82) is 0 Å². The van der Waals surface area contributed by atoms with Crippen LogP contribution < -0.4 is 5.32 Å². The zero-order chi connectivity index (χ0) is 14.8. The number of fused-ring (bicyclic) bond motifs is 1. The van der Waals surface area contributed by atoms with E-state index in [-0.39, 0.29) is 5.91 Å². The number of hydrogen-bond acceptors (Lipinski definition) is 4. The summed E-state index contributed by atoms with van der Waals surface area (Å²) in [6.07, 6.45) is 5.32. The molecule has 1 amide bonds. The van der Waals surface area contributed by atoms with Gasteiger partial charge in [0, 0.05) is 15.3 Å². The number of nitrogens with zero attached hydrogens (tertiary/aromatic N) is 1. The molecule has 2 aromatic rings. The van der Waals surface area contributed by atoms with Crippen LogP contribution in [0.1, 0.15) is 34.3 Å². The predicted octanol–water partition coefficient (Wildman–Crippen LogP) is 4.24. The summed E-state index contributed by atoms with van der Waals surface area (Å²) in [5, 5.41) is 3.67. The van der Waals surface area contributed by atoms with Gasteiger partial charge in [0.25, 0.3) is 5.91 Å². The molecule has 0 radical (unpaired) electrons. The Balaban J connectivity index is 1.75. The number of carbonyl (C=O) groups is 1. The molecule has 0 bridgehead atoms. The fourth-order valence-electron chi connectivity index (χ4n) is 2.53. The average Bonchev–Trinajstić information content (AvgIpc) is 2.88. The van der Waals surface area contributed by atoms with Crippen LogP contribution in [0.5, 0.6) is 0 Å². The van der Waals surface area contributed by atoms with Crippen molar-refractivity contribution in [3.8, 4) is 0 Å². The van der Waals surface area contributed by atoms with Crippen molar-refractivity contribution in [2.75, 3.05) is 11.6 Å². The third-order valence-electron chi connectivity index (χ3n) is 3.74. The Morgan fingerprint density at radius 3 is 3.14 bits per heavy atom. The molecule has 1 aliphatic carbocycles. The molecule has 3 rings (SSSR count). The summed E-state index contributed by atoms with van der Waals surface area (Å²) in [6, 6.07) is 7.67. The van der Waals surface area contributed by atoms with Gasteiger partial charge in [-0.2, -0.15) is 0 Å². The predicted molar refractivity (Wildman–Crippen MR) is 89.5 cm³/mol. The normalized spacial score (nSPS) is 17.3. The largest absolute Gasteiger partial charge is 0.298 e. The molecule has 1 atom stereocenters. The van der Waals surface area contributed by atoms with Crippen LogP contribution in [0.4, 0.5) is 5.13 Å². The third kappa shape index (κ3) is 3.30. The van der Waals surface area contributed by atoms with Crippen LogP contribution in [0.2, 0.25) is 0 Å². The minimum Gasteiger partial charge on any atom is -0.298 e. The van der Waals surface area contributed by atoms with Crippen molar-refractivity contribution in [2.45, 2.75) is 31.1 Å². The first-order valence-electron chi connectivity index (χ1n) is 7.09. The number of thioether (sulfide) groups is 1. The lowest BCUT2D eigenvalue weighted by Gasteiger charge is -2.15. The summed E-state index contributed by atoms with van der Waals surface area (Å²) >= 11 is 3.26. The van der Waals surface area contributed by atoms with Crippen molar-refractivity contribution in [1.82, 2.24) is 4.98 Å². The molecule has 5 heteroatoms. The summed E-state index contributed by atoms with van der Waals surface area (Å²) in [5.74, 6) is 0.643. The molecule has 0 saturated carbocycles. The first-order chi connectivity index (χ1) is 10.2. The number of rotatable bonds is 3. The van der Waals surface area contributed by atoms with Gasteiger partial charge in [0.05, 0.1) is 5.69 Å². The highest BCUT2D eigenvalue weighted by Gasteiger charge is 2.20. The second-order valence-electron chi connectivity index (χ2n) is 5.42. The van der Waals surface area contributed by atoms with Crippen LogP contribution in [0.15, 0.2) is 29.2 Å². The topological polar surface area (TPSA) is 42.0 Å². The van der Waals surface area contributed by atoms with E-state index in [9.17, 15) is 4.79 Å². The van der Waals surface area contributed by atoms with Crippen LogP contribution in [-0.2, 0) is 12.8 Å². The molecule has 1 aromatic carbocycles. The number of anilines is 1. The number of nitrogens with one attached hydrogen (secondary N) is 1. The highest BCUT2D eigenvalue weighted by Crippen LogP contribution is 2.32. The van der Waals surface area contributed by atoms with Crippen LogP contribution in [-0.4, -0.2) is 17.1 Å². The van der Waals surface area contributed by atoms with Crippen molar-refractivity contribution < 1.29 is 4.79 Å². The maximum atomic E-state index is 12.3. The number of aromatic nitrogens is 1. The Hall–Kier alpha value is -1.33. The van der Waals surface area contributed by atoms with E-state index in [1.165, 1.54) is 17.0 Å². The monoisotopic (exact) mass is 318 g/mol. The van der Waals surface area contributed by atoms with E-state index in [1.807, 2.05) is 30.5 Å². The molecule has 21 heavy (non-hydrogen) atoms. The highest BCUT2D eigenvalue weighted by molar-refractivity contribution is 7.98. The summed E-state index contributed by atoms with van der Waals surface area (Å²) in [7, 11) is 0. The summed E-state index contributed by atoms with van der Waals surface area (Å²) < 4.78 is 0. The maximum absolute atomic E-state index is 12.3. The fourth-order valence-corrected chi connectivity index (χ4v) is 4.15. The Kier molecular flexibility index (Phi) is 4.31. The SMILES string of the molecule is CSc1cccc(C(=O)Nc2nc3c(s2)C[C@@H](C)CC3)c1. The Morgan fingerprint density at radius 1 is 1.48 bits per heavy atom. The van der Waals surface area contributed by atoms with Gasteiger partial charge in [-0.15, -0.1) is 23.1 Å². The smallest absolute Gasteiger partial charge is 0.257 e. The van der Waals surface area contributed by atoms with E-state index in [0.29, 0.717) is 5.56 Å². The van der Waals surface area contributed by atoms with E-state index in [4.69, 9.17) is 0 Å². The molecule has 0 fully saturated rings. The fraction of sp³-hybridized carbons (Fsp3) is 0.375. The van der Waals surface area contributed by atoms with E-state index in [0.717, 1.165) is 28.8 Å². The van der Waals surface area contributed by atoms with E-state index in [2.05, 4.69) is 17.2 Å². The molecule has 1 N–H and O–H groups in total. The lowest BCUT2D eigenvalue weighted by molar-refractivity contribution is 0.102. The summed E-state index contributed by atoms with van der Waals surface area (Å²) in [4.78, 5) is 19.3. The summed E-state index contributed by atoms with van der Waals surface area (Å²) in [5.41, 5.74) is 1.86. The lowest BCUT2D eigenvalue weighted by Crippen LogP contribution is -2.12. The van der Waals surface area contributed by atoms with Gasteiger partial charge in [0.15, 0.2) is 5.13 Å². The second kappa shape index (κ2) is 6.20. The first kappa shape index (κ1) is 14.6. The lowest BCUT2D eigenvalue weighted by atomic mass is 9.93. The molecular formula is C16H18N2OS2. The number of carbonyl (C=O) groups excluding carboxylic acids is 1. The molecule has 110 valence electrons. The first-order valence-corrected chi connectivity index (χ1v) is 9.14. The van der Waals surface area contributed by atoms with Crippen LogP contribution >= 0.6 is 23.1 Å². The molecule has 0 spiro atoms. The van der Waals surface area contributed by atoms with Crippen LogP contribution in [0.25, 0.3) is 0 Å². The molecule has 0 unspecified atom stereocenters. The van der Waals surface area contributed by atoms with Gasteiger partial charge >= 0.3 is 0 Å². The van der Waals surface area contributed by atoms with Gasteiger partial charge in [0.2, 0.25) is 0 Å². The van der Waals surface area contributed by atoms with Crippen LogP contribution in [0, 0.1) is 5.92 Å². The van der Waals surface area contributed by atoms with E-state index < -0.39 is 0 Å². The Morgan fingerprint density at radius 2 is 2.33 bits per heavy atom. The van der Waals surface area contributed by atoms with E-state index in [1.54, 1.807) is 23.1 Å². The number of aryl methyl sites for hydroxylation is 1. The zero-order valence-electron chi connectivity index (χ0n) is 12.2. The van der Waals surface area contributed by atoms with Crippen molar-refractivity contribution in [3.63, 3.8) is 0 Å². The van der Waals surface area contributed by atoms with Crippen LogP contribution in [0.3, 0.4) is 0 Å². The van der Waals surface area contributed by atoms with Crippen molar-refractivity contribution in [3.05, 3.63) is 40.4 Å². The maximum Gasteiger partial charge on any atom is 0.257 e. The summed E-state index contributed by atoms with van der Waals surface area (Å²) in [6.45, 7) is 2.27. The third-order valence-corrected chi connectivity index (χ3v) is 5.50. The van der Waals surface area contributed by atoms with Gasteiger partial charge in [0.1, 0.15) is 0 Å². The number of hydrogen-bond donors (Lipinski definition) is 1. The molecular weight excluding hydrogens is 300 g/mol. The van der Waals surface area contributed by atoms with Gasteiger partial charge in [-0.3, -0.25) is 10.1 Å². The quantitative estimate of drug-likeness (QED) is 0.861. The standard InChI is InChI=1S/C16H18N2OS2/c1-10-6-7-13-14(8-10)21-16(17-13)18-15(19)11-4-3-5-12(9-11)20-2/h3-5,9-10H,6-8H2,1-2H3,(H,17,18,19)/t10-/m0/s1. The molecule has 3 nitrogen and oxygen atoms in total. The molecule has 1 aromatic heterocycles. The minimum absolute atomic E-state index is 0.0787. The van der Waals surface area contributed by atoms with E-state index >= 15 is 0 Å². The second-order valence-corrected chi connectivity index (χ2v) is 7.39. The Bertz CT molecular complexity index is 666. The molecule has 0 saturated heterocycles. The average molecular weight is 318 g/mol. The number of benzene rings is 1. The van der Waals surface area contributed by atoms with Gasteiger partial charge < -0.3 is 0 Å². The number of amides is 1. The molecule has 1 heterocycles. The number of thiazole rings is 1. The van der Waals surface area contributed by atoms with Gasteiger partial charge in [-0.25, -0.2) is 4.98 Å². The molecule has 0 aliphatic heterocycles. The zero-order valence-corrected chi connectivity index (χ0v) is 13.8. The Labute approximate surface area is 133 Å². The van der Waals surface area contributed by atoms with Crippen molar-refractivity contribution >= 4 is 34.1 Å². The van der Waals surface area contributed by atoms with Crippen molar-refractivity contribution in [2.24, 2.45) is 5.92 Å². The highest BCUT2D eigenvalue weighted by atomic mass is 32.2. The minimum atomic E-state index is -0.0787.